The number of halogens is 4. The second kappa shape index (κ2) is 3.51. The van der Waals surface area contributed by atoms with Crippen molar-refractivity contribution in [2.75, 3.05) is 0 Å². The predicted octanol–water partition coefficient (Wildman–Crippen LogP) is 2.63. The van der Waals surface area contributed by atoms with Crippen LogP contribution in [0, 0.1) is 5.95 Å². The summed E-state index contributed by atoms with van der Waals surface area (Å²) < 4.78 is 48.2. The minimum absolute atomic E-state index is 0.0494. The second-order valence-corrected chi connectivity index (χ2v) is 2.16. The highest BCUT2D eigenvalue weighted by molar-refractivity contribution is 5.19. The molecule has 1 nitrogen and oxygen atoms in total. The molecule has 0 bridgehead atoms. The van der Waals surface area contributed by atoms with Crippen molar-refractivity contribution in [3.63, 3.8) is 0 Å². The normalized spacial score (nSPS) is 10.8. The minimum Gasteiger partial charge on any atom is -0.246 e. The van der Waals surface area contributed by atoms with Gasteiger partial charge in [-0.25, -0.2) is 18.2 Å². The van der Waals surface area contributed by atoms with Gasteiger partial charge in [0.25, 0.3) is 6.43 Å². The van der Waals surface area contributed by atoms with Gasteiger partial charge in [-0.2, -0.15) is 4.39 Å². The first-order chi connectivity index (χ1) is 5.65. The van der Waals surface area contributed by atoms with E-state index < -0.39 is 24.6 Å². The molecule has 0 aromatic carbocycles. The third-order valence-corrected chi connectivity index (χ3v) is 1.31. The van der Waals surface area contributed by atoms with Crippen LogP contribution in [0.5, 0.6) is 0 Å². The number of hydrogen-bond donors (Lipinski definition) is 0. The van der Waals surface area contributed by atoms with Gasteiger partial charge in [0.05, 0.1) is 5.56 Å². The summed E-state index contributed by atoms with van der Waals surface area (Å²) in [6.07, 6.45) is -2.06. The molecule has 12 heavy (non-hydrogen) atoms. The Morgan fingerprint density at radius 3 is 2.58 bits per heavy atom. The third kappa shape index (κ3) is 1.72. The van der Waals surface area contributed by atoms with E-state index in [2.05, 4.69) is 4.98 Å². The Morgan fingerprint density at radius 2 is 2.08 bits per heavy atom. The van der Waals surface area contributed by atoms with Gasteiger partial charge < -0.3 is 0 Å². The fraction of sp³-hybridized carbons (Fsp3) is 0.286. The van der Waals surface area contributed by atoms with Gasteiger partial charge in [-0.3, -0.25) is 0 Å². The average Bonchev–Trinajstić information content (AvgIpc) is 2.05. The summed E-state index contributed by atoms with van der Waals surface area (Å²) in [5.74, 6) is -1.25. The van der Waals surface area contributed by atoms with Gasteiger partial charge in [0.2, 0.25) is 5.95 Å². The highest BCUT2D eigenvalue weighted by atomic mass is 19.3. The molecule has 0 aliphatic carbocycles. The smallest absolute Gasteiger partial charge is 0.246 e. The van der Waals surface area contributed by atoms with Crippen LogP contribution in [-0.4, -0.2) is 4.98 Å². The summed E-state index contributed by atoms with van der Waals surface area (Å²) >= 11 is 0. The van der Waals surface area contributed by atoms with E-state index in [4.69, 9.17) is 0 Å². The van der Waals surface area contributed by atoms with E-state index in [0.717, 1.165) is 12.3 Å². The van der Waals surface area contributed by atoms with Crippen molar-refractivity contribution in [2.45, 2.75) is 13.1 Å². The third-order valence-electron chi connectivity index (χ3n) is 1.31. The largest absolute Gasteiger partial charge is 0.268 e. The molecule has 1 rings (SSSR count). The fourth-order valence-electron chi connectivity index (χ4n) is 0.737. The van der Waals surface area contributed by atoms with Crippen LogP contribution in [-0.2, 0) is 6.67 Å². The number of hydrogen-bond acceptors (Lipinski definition) is 1. The Balaban J connectivity index is 3.08. The average molecular weight is 179 g/mol. The lowest BCUT2D eigenvalue weighted by Crippen LogP contribution is -1.96. The molecule has 1 aromatic rings. The lowest BCUT2D eigenvalue weighted by molar-refractivity contribution is 0.145. The van der Waals surface area contributed by atoms with Crippen LogP contribution in [0.15, 0.2) is 12.3 Å². The summed E-state index contributed by atoms with van der Waals surface area (Å²) in [5, 5.41) is 0. The molecule has 0 saturated heterocycles. The van der Waals surface area contributed by atoms with E-state index in [1.165, 1.54) is 0 Å². The van der Waals surface area contributed by atoms with Crippen LogP contribution in [0.2, 0.25) is 0 Å². The van der Waals surface area contributed by atoms with E-state index in [1.54, 1.807) is 0 Å². The monoisotopic (exact) mass is 179 g/mol. The van der Waals surface area contributed by atoms with Crippen LogP contribution in [0.1, 0.15) is 17.6 Å². The Labute approximate surface area is 66.0 Å². The molecule has 0 spiro atoms. The number of alkyl halides is 3. The molecule has 0 amide bonds. The Bertz CT molecular complexity index is 274. The van der Waals surface area contributed by atoms with E-state index in [0.29, 0.717) is 0 Å². The number of pyridine rings is 1. The summed E-state index contributed by atoms with van der Waals surface area (Å²) in [7, 11) is 0. The van der Waals surface area contributed by atoms with E-state index in [-0.39, 0.29) is 5.56 Å². The zero-order chi connectivity index (χ0) is 9.14. The fourth-order valence-corrected chi connectivity index (χ4v) is 0.737. The first kappa shape index (κ1) is 8.96. The SMILES string of the molecule is FCc1cnc(F)c(C(F)F)c1. The standard InChI is InChI=1S/C7H5F4N/c8-2-4-1-5(6(9)10)7(11)12-3-4/h1,3,6H,2H2. The van der Waals surface area contributed by atoms with Crippen LogP contribution in [0.4, 0.5) is 17.6 Å². The Hall–Kier alpha value is -1.13. The van der Waals surface area contributed by atoms with Crippen LogP contribution in [0.25, 0.3) is 0 Å². The van der Waals surface area contributed by atoms with Crippen molar-refractivity contribution in [3.05, 3.63) is 29.3 Å². The Morgan fingerprint density at radius 1 is 1.42 bits per heavy atom. The summed E-state index contributed by atoms with van der Waals surface area (Å²) in [5.41, 5.74) is -0.906. The zero-order valence-electron chi connectivity index (χ0n) is 5.90. The molecular weight excluding hydrogens is 174 g/mol. The number of nitrogens with zero attached hydrogens (tertiary/aromatic N) is 1. The summed E-state index contributed by atoms with van der Waals surface area (Å²) in [6.45, 7) is -0.924. The highest BCUT2D eigenvalue weighted by Gasteiger charge is 2.14. The first-order valence-electron chi connectivity index (χ1n) is 3.13. The quantitative estimate of drug-likeness (QED) is 0.502. The number of aromatic nitrogens is 1. The Kier molecular flexibility index (Phi) is 2.62. The van der Waals surface area contributed by atoms with Crippen molar-refractivity contribution < 1.29 is 17.6 Å². The molecule has 66 valence electrons. The molecule has 0 aliphatic rings. The van der Waals surface area contributed by atoms with Gasteiger partial charge >= 0.3 is 0 Å². The highest BCUT2D eigenvalue weighted by Crippen LogP contribution is 2.21. The predicted molar refractivity (Wildman–Crippen MR) is 34.0 cm³/mol. The van der Waals surface area contributed by atoms with E-state index in [1.807, 2.05) is 0 Å². The first-order valence-corrected chi connectivity index (χ1v) is 3.13. The maximum atomic E-state index is 12.4. The van der Waals surface area contributed by atoms with Crippen LogP contribution < -0.4 is 0 Å². The van der Waals surface area contributed by atoms with Gasteiger partial charge in [0.1, 0.15) is 6.67 Å². The maximum Gasteiger partial charge on any atom is 0.268 e. The molecule has 5 heteroatoms. The van der Waals surface area contributed by atoms with E-state index >= 15 is 0 Å². The molecule has 0 unspecified atom stereocenters. The molecule has 0 radical (unpaired) electrons. The molecule has 1 aromatic heterocycles. The summed E-state index contributed by atoms with van der Waals surface area (Å²) in [6, 6.07) is 0.771. The van der Waals surface area contributed by atoms with Crippen LogP contribution in [0.3, 0.4) is 0 Å². The van der Waals surface area contributed by atoms with Crippen molar-refractivity contribution in [1.29, 1.82) is 0 Å². The molecule has 0 atom stereocenters. The van der Waals surface area contributed by atoms with Crippen molar-refractivity contribution >= 4 is 0 Å². The lowest BCUT2D eigenvalue weighted by Gasteiger charge is -2.01. The molecule has 1 heterocycles. The molecular formula is C7H5F4N. The molecule has 0 saturated carbocycles. The molecule has 0 aliphatic heterocycles. The van der Waals surface area contributed by atoms with Crippen molar-refractivity contribution in [2.24, 2.45) is 0 Å². The summed E-state index contributed by atoms with van der Waals surface area (Å²) in [4.78, 5) is 2.98. The van der Waals surface area contributed by atoms with Gasteiger partial charge in [0.15, 0.2) is 0 Å². The maximum absolute atomic E-state index is 12.4. The molecule has 0 N–H and O–H groups in total. The van der Waals surface area contributed by atoms with Gasteiger partial charge in [-0.1, -0.05) is 0 Å². The second-order valence-electron chi connectivity index (χ2n) is 2.16. The van der Waals surface area contributed by atoms with Crippen molar-refractivity contribution in [3.8, 4) is 0 Å². The van der Waals surface area contributed by atoms with E-state index in [9.17, 15) is 17.6 Å². The number of rotatable bonds is 2. The zero-order valence-corrected chi connectivity index (χ0v) is 5.90. The van der Waals surface area contributed by atoms with Gasteiger partial charge in [-0.15, -0.1) is 0 Å². The van der Waals surface area contributed by atoms with Crippen molar-refractivity contribution in [1.82, 2.24) is 4.98 Å². The topological polar surface area (TPSA) is 12.9 Å². The minimum atomic E-state index is -2.95. The molecule has 0 fully saturated rings. The lowest BCUT2D eigenvalue weighted by atomic mass is 10.2. The van der Waals surface area contributed by atoms with Gasteiger partial charge in [-0.05, 0) is 6.07 Å². The van der Waals surface area contributed by atoms with Crippen LogP contribution >= 0.6 is 0 Å². The van der Waals surface area contributed by atoms with Gasteiger partial charge in [0, 0.05) is 11.8 Å².